The van der Waals surface area contributed by atoms with Crippen LogP contribution < -0.4 is 5.32 Å². The Morgan fingerprint density at radius 3 is 2.33 bits per heavy atom. The molecule has 122 valence electrons. The van der Waals surface area contributed by atoms with Gasteiger partial charge in [0, 0.05) is 25.2 Å². The lowest BCUT2D eigenvalue weighted by Gasteiger charge is -2.48. The van der Waals surface area contributed by atoms with Crippen LogP contribution in [0.4, 0.5) is 0 Å². The Labute approximate surface area is 132 Å². The fourth-order valence-corrected chi connectivity index (χ4v) is 4.54. The van der Waals surface area contributed by atoms with E-state index in [0.29, 0.717) is 5.41 Å². The van der Waals surface area contributed by atoms with E-state index in [1.54, 1.807) is 0 Å². The Balaban J connectivity index is 1.60. The van der Waals surface area contributed by atoms with Crippen LogP contribution in [0.3, 0.4) is 0 Å². The van der Waals surface area contributed by atoms with Crippen LogP contribution in [-0.4, -0.2) is 36.6 Å². The van der Waals surface area contributed by atoms with E-state index >= 15 is 0 Å². The van der Waals surface area contributed by atoms with Gasteiger partial charge in [0.05, 0.1) is 0 Å². The molecule has 0 amide bonds. The van der Waals surface area contributed by atoms with E-state index in [2.05, 4.69) is 31.0 Å². The highest BCUT2D eigenvalue weighted by Crippen LogP contribution is 2.35. The van der Waals surface area contributed by atoms with Crippen LogP contribution in [0.5, 0.6) is 0 Å². The summed E-state index contributed by atoms with van der Waals surface area (Å²) in [5.74, 6) is 2.01. The molecule has 2 nitrogen and oxygen atoms in total. The fourth-order valence-electron chi connectivity index (χ4n) is 4.54. The van der Waals surface area contributed by atoms with Crippen molar-refractivity contribution >= 4 is 0 Å². The maximum absolute atomic E-state index is 3.94. The smallest absolute Gasteiger partial charge is 0.0269 e. The van der Waals surface area contributed by atoms with Crippen molar-refractivity contribution in [3.63, 3.8) is 0 Å². The summed E-state index contributed by atoms with van der Waals surface area (Å²) in [6.45, 7) is 11.1. The Kier molecular flexibility index (Phi) is 4.95. The monoisotopic (exact) mass is 292 g/mol. The quantitative estimate of drug-likeness (QED) is 0.841. The molecule has 3 rings (SSSR count). The molecule has 21 heavy (non-hydrogen) atoms. The van der Waals surface area contributed by atoms with Crippen molar-refractivity contribution in [2.24, 2.45) is 17.3 Å². The largest absolute Gasteiger partial charge is 0.311 e. The second-order valence-corrected chi connectivity index (χ2v) is 9.02. The van der Waals surface area contributed by atoms with Crippen molar-refractivity contribution in [2.75, 3.05) is 19.6 Å². The summed E-state index contributed by atoms with van der Waals surface area (Å²) in [4.78, 5) is 2.86. The first-order valence-electron chi connectivity index (χ1n) is 9.51. The van der Waals surface area contributed by atoms with E-state index in [0.717, 1.165) is 23.9 Å². The lowest BCUT2D eigenvalue weighted by atomic mass is 9.79. The number of piperazine rings is 1. The molecule has 0 spiro atoms. The van der Waals surface area contributed by atoms with Crippen LogP contribution in [0, 0.1) is 17.3 Å². The molecule has 3 fully saturated rings. The molecule has 1 saturated heterocycles. The lowest BCUT2D eigenvalue weighted by molar-refractivity contribution is 0.0358. The third kappa shape index (κ3) is 4.22. The van der Waals surface area contributed by atoms with Crippen LogP contribution in [0.1, 0.15) is 72.1 Å². The van der Waals surface area contributed by atoms with Crippen molar-refractivity contribution in [2.45, 2.75) is 84.2 Å². The molecule has 0 radical (unpaired) electrons. The van der Waals surface area contributed by atoms with E-state index in [1.807, 2.05) is 0 Å². The average Bonchev–Trinajstić information content (AvgIpc) is 3.29. The zero-order chi connectivity index (χ0) is 14.9. The van der Waals surface area contributed by atoms with Crippen molar-refractivity contribution < 1.29 is 0 Å². The van der Waals surface area contributed by atoms with E-state index in [1.165, 1.54) is 71.0 Å². The molecule has 2 aliphatic carbocycles. The first kappa shape index (κ1) is 15.8. The number of rotatable bonds is 4. The Morgan fingerprint density at radius 1 is 1.00 bits per heavy atom. The Bertz CT molecular complexity index is 323. The average molecular weight is 293 g/mol. The molecule has 0 aromatic heterocycles. The van der Waals surface area contributed by atoms with Gasteiger partial charge in [0.15, 0.2) is 0 Å². The topological polar surface area (TPSA) is 15.3 Å². The minimum Gasteiger partial charge on any atom is -0.311 e. The van der Waals surface area contributed by atoms with E-state index < -0.39 is 0 Å². The normalized spacial score (nSPS) is 33.3. The molecule has 0 aromatic rings. The summed E-state index contributed by atoms with van der Waals surface area (Å²) in [5.41, 5.74) is 0.397. The highest BCUT2D eigenvalue weighted by molar-refractivity contribution is 4.95. The molecule has 2 unspecified atom stereocenters. The minimum absolute atomic E-state index is 0.397. The lowest BCUT2D eigenvalue weighted by Crippen LogP contribution is -2.62. The van der Waals surface area contributed by atoms with E-state index in [9.17, 15) is 0 Å². The molecule has 1 heterocycles. The van der Waals surface area contributed by atoms with Crippen LogP contribution in [0.15, 0.2) is 0 Å². The summed E-state index contributed by atoms with van der Waals surface area (Å²) >= 11 is 0. The van der Waals surface area contributed by atoms with Crippen LogP contribution in [-0.2, 0) is 0 Å². The summed E-state index contributed by atoms with van der Waals surface area (Å²) in [6.07, 6.45) is 11.8. The maximum atomic E-state index is 3.94. The van der Waals surface area contributed by atoms with Crippen molar-refractivity contribution in [3.05, 3.63) is 0 Å². The standard InChI is InChI=1S/C19H36N2/c1-19(2,3)18-13-20-17(16-7-5-4-6-8-16)14-21(18)12-11-15-9-10-15/h15-18,20H,4-14H2,1-3H3. The predicted octanol–water partition coefficient (Wildman–Crippen LogP) is 4.06. The SMILES string of the molecule is CC(C)(C)C1CNC(C2CCCCC2)CN1CCC1CC1. The molecule has 2 heteroatoms. The van der Waals surface area contributed by atoms with Gasteiger partial charge in [0.1, 0.15) is 0 Å². The Morgan fingerprint density at radius 2 is 1.71 bits per heavy atom. The molecule has 0 bridgehead atoms. The summed E-state index contributed by atoms with van der Waals surface area (Å²) in [7, 11) is 0. The van der Waals surface area contributed by atoms with Crippen LogP contribution >= 0.6 is 0 Å². The van der Waals surface area contributed by atoms with Gasteiger partial charge in [-0.3, -0.25) is 4.90 Å². The van der Waals surface area contributed by atoms with Gasteiger partial charge in [0.2, 0.25) is 0 Å². The second kappa shape index (κ2) is 6.58. The Hall–Kier alpha value is -0.0800. The van der Waals surface area contributed by atoms with Crippen molar-refractivity contribution in [1.29, 1.82) is 0 Å². The third-order valence-corrected chi connectivity index (χ3v) is 6.19. The molecule has 3 aliphatic rings. The van der Waals surface area contributed by atoms with Gasteiger partial charge >= 0.3 is 0 Å². The number of hydrogen-bond acceptors (Lipinski definition) is 2. The highest BCUT2D eigenvalue weighted by atomic mass is 15.2. The van der Waals surface area contributed by atoms with Crippen molar-refractivity contribution in [3.8, 4) is 0 Å². The molecule has 0 aromatic carbocycles. The van der Waals surface area contributed by atoms with Crippen molar-refractivity contribution in [1.82, 2.24) is 10.2 Å². The first-order chi connectivity index (χ1) is 10.0. The van der Waals surface area contributed by atoms with Crippen LogP contribution in [0.2, 0.25) is 0 Å². The zero-order valence-corrected chi connectivity index (χ0v) is 14.5. The minimum atomic E-state index is 0.397. The summed E-state index contributed by atoms with van der Waals surface area (Å²) in [6, 6.07) is 1.49. The van der Waals surface area contributed by atoms with Crippen LogP contribution in [0.25, 0.3) is 0 Å². The molecular formula is C19H36N2. The van der Waals surface area contributed by atoms with E-state index in [-0.39, 0.29) is 0 Å². The number of nitrogens with one attached hydrogen (secondary N) is 1. The van der Waals surface area contributed by atoms with Gasteiger partial charge in [-0.25, -0.2) is 0 Å². The first-order valence-corrected chi connectivity index (χ1v) is 9.51. The molecule has 1 aliphatic heterocycles. The third-order valence-electron chi connectivity index (χ3n) is 6.19. The van der Waals surface area contributed by atoms with Gasteiger partial charge in [0.25, 0.3) is 0 Å². The molecule has 1 N–H and O–H groups in total. The number of hydrogen-bond donors (Lipinski definition) is 1. The molecule has 2 atom stereocenters. The van der Waals surface area contributed by atoms with Gasteiger partial charge in [-0.1, -0.05) is 52.9 Å². The second-order valence-electron chi connectivity index (χ2n) is 9.02. The van der Waals surface area contributed by atoms with Gasteiger partial charge < -0.3 is 5.32 Å². The van der Waals surface area contributed by atoms with Gasteiger partial charge in [-0.2, -0.15) is 0 Å². The van der Waals surface area contributed by atoms with E-state index in [4.69, 9.17) is 0 Å². The predicted molar refractivity (Wildman–Crippen MR) is 90.5 cm³/mol. The van der Waals surface area contributed by atoms with Gasteiger partial charge in [-0.15, -0.1) is 0 Å². The number of nitrogens with zero attached hydrogens (tertiary/aromatic N) is 1. The molecule has 2 saturated carbocycles. The maximum Gasteiger partial charge on any atom is 0.0269 e. The zero-order valence-electron chi connectivity index (χ0n) is 14.5. The molecular weight excluding hydrogens is 256 g/mol. The fraction of sp³-hybridized carbons (Fsp3) is 1.00. The highest BCUT2D eigenvalue weighted by Gasteiger charge is 2.38. The van der Waals surface area contributed by atoms with Gasteiger partial charge in [-0.05, 0) is 43.1 Å². The summed E-state index contributed by atoms with van der Waals surface area (Å²) < 4.78 is 0. The summed E-state index contributed by atoms with van der Waals surface area (Å²) in [5, 5.41) is 3.94.